The smallest absolute Gasteiger partial charge is 0.308 e. The molecule has 0 amide bonds. The molecule has 1 spiro atoms. The maximum atomic E-state index is 14.1. The molecule has 1 saturated carbocycles. The summed E-state index contributed by atoms with van der Waals surface area (Å²) < 4.78 is 42.2. The van der Waals surface area contributed by atoms with E-state index in [0.29, 0.717) is 43.7 Å². The fourth-order valence-corrected chi connectivity index (χ4v) is 9.86. The number of aliphatic hydroxyl groups is 1. The Hall–Kier alpha value is -2.46. The van der Waals surface area contributed by atoms with Gasteiger partial charge in [-0.3, -0.25) is 4.79 Å². The zero-order valence-corrected chi connectivity index (χ0v) is 23.9. The molecule has 2 aromatic carbocycles. The summed E-state index contributed by atoms with van der Waals surface area (Å²) in [6.45, 7) is 6.53. The molecule has 0 unspecified atom stereocenters. The van der Waals surface area contributed by atoms with Gasteiger partial charge in [0.1, 0.15) is 6.10 Å². The van der Waals surface area contributed by atoms with Crippen LogP contribution in [0.25, 0.3) is 0 Å². The molecule has 2 bridgehead atoms. The zero-order valence-electron chi connectivity index (χ0n) is 23.1. The van der Waals surface area contributed by atoms with Crippen molar-refractivity contribution >= 4 is 16.0 Å². The molecule has 1 N–H and O–H groups in total. The van der Waals surface area contributed by atoms with Gasteiger partial charge in [0.2, 0.25) is 10.0 Å². The van der Waals surface area contributed by atoms with Gasteiger partial charge in [-0.05, 0) is 62.4 Å². The van der Waals surface area contributed by atoms with Gasteiger partial charge in [0.25, 0.3) is 0 Å². The van der Waals surface area contributed by atoms with E-state index in [1.807, 2.05) is 50.2 Å². The summed E-state index contributed by atoms with van der Waals surface area (Å²) in [4.78, 5) is 14.2. The standard InChI is InChI=1S/C30H38N2O6S/c1-19(2)17-32(39(35,36)18-21-8-6-5-7-9-21)23-12-13-30(34)25-16-22-10-11-24(37-20(3)33)27-26(22)29(30,28(23)38-27)14-15-31(25)4/h5-11,19,23,25,28,34H,12-18H2,1-4H3/t23-,25+,28-,29-,30+/m0/s1. The second-order valence-electron chi connectivity index (χ2n) is 12.2. The number of rotatable bonds is 7. The van der Waals surface area contributed by atoms with Crippen molar-refractivity contribution in [1.29, 1.82) is 0 Å². The minimum Gasteiger partial charge on any atom is -0.483 e. The Balaban J connectivity index is 1.49. The topological polar surface area (TPSA) is 96.4 Å². The minimum absolute atomic E-state index is 0.0939. The van der Waals surface area contributed by atoms with Crippen LogP contribution in [-0.4, -0.2) is 72.6 Å². The first-order valence-corrected chi connectivity index (χ1v) is 15.6. The number of piperidine rings is 1. The first-order valence-electron chi connectivity index (χ1n) is 14.0. The van der Waals surface area contributed by atoms with Gasteiger partial charge < -0.3 is 19.5 Å². The van der Waals surface area contributed by atoms with E-state index in [2.05, 4.69) is 11.9 Å². The van der Waals surface area contributed by atoms with Crippen LogP contribution >= 0.6 is 0 Å². The third kappa shape index (κ3) is 3.96. The van der Waals surface area contributed by atoms with Gasteiger partial charge in [0, 0.05) is 25.1 Å². The van der Waals surface area contributed by atoms with Gasteiger partial charge in [0.05, 0.1) is 22.8 Å². The largest absolute Gasteiger partial charge is 0.483 e. The third-order valence-electron chi connectivity index (χ3n) is 9.40. The molecule has 0 aromatic heterocycles. The Bertz CT molecular complexity index is 1400. The van der Waals surface area contributed by atoms with Gasteiger partial charge in [-0.1, -0.05) is 50.2 Å². The average Bonchev–Trinajstić information content (AvgIpc) is 3.22. The quantitative estimate of drug-likeness (QED) is 0.415. The molecule has 0 radical (unpaired) electrons. The second-order valence-corrected chi connectivity index (χ2v) is 14.1. The lowest BCUT2D eigenvalue weighted by molar-refractivity contribution is -0.192. The van der Waals surface area contributed by atoms with E-state index in [0.717, 1.165) is 23.2 Å². The lowest BCUT2D eigenvalue weighted by atomic mass is 9.48. The van der Waals surface area contributed by atoms with Crippen LogP contribution in [0.1, 0.15) is 56.7 Å². The molecule has 2 aliphatic heterocycles. The van der Waals surface area contributed by atoms with Gasteiger partial charge in [-0.25, -0.2) is 8.42 Å². The summed E-state index contributed by atoms with van der Waals surface area (Å²) in [5.41, 5.74) is 0.856. The third-order valence-corrected chi connectivity index (χ3v) is 11.2. The van der Waals surface area contributed by atoms with Crippen LogP contribution in [0.3, 0.4) is 0 Å². The van der Waals surface area contributed by atoms with E-state index < -0.39 is 39.2 Å². The predicted molar refractivity (Wildman–Crippen MR) is 147 cm³/mol. The van der Waals surface area contributed by atoms with Gasteiger partial charge in [0.15, 0.2) is 11.5 Å². The first-order chi connectivity index (χ1) is 18.5. The number of ether oxygens (including phenoxy) is 2. The number of esters is 1. The summed E-state index contributed by atoms with van der Waals surface area (Å²) in [7, 11) is -1.66. The molecule has 2 heterocycles. The number of hydrogen-bond donors (Lipinski definition) is 1. The van der Waals surface area contributed by atoms with Crippen molar-refractivity contribution < 1.29 is 27.8 Å². The highest BCUT2D eigenvalue weighted by Gasteiger charge is 2.73. The average molecular weight is 555 g/mol. The van der Waals surface area contributed by atoms with Crippen LogP contribution in [0, 0.1) is 5.92 Å². The van der Waals surface area contributed by atoms with Crippen LogP contribution in [0.2, 0.25) is 0 Å². The molecule has 2 fully saturated rings. The highest BCUT2D eigenvalue weighted by Crippen LogP contribution is 2.66. The number of carbonyl (C=O) groups excluding carboxylic acids is 1. The van der Waals surface area contributed by atoms with Crippen LogP contribution in [-0.2, 0) is 32.4 Å². The van der Waals surface area contributed by atoms with Crippen molar-refractivity contribution in [3.63, 3.8) is 0 Å². The molecule has 39 heavy (non-hydrogen) atoms. The van der Waals surface area contributed by atoms with Crippen molar-refractivity contribution in [3.8, 4) is 11.5 Å². The lowest BCUT2D eigenvalue weighted by Gasteiger charge is -2.64. The van der Waals surface area contributed by atoms with E-state index in [1.165, 1.54) is 6.92 Å². The van der Waals surface area contributed by atoms with E-state index in [4.69, 9.17) is 9.47 Å². The van der Waals surface area contributed by atoms with Crippen molar-refractivity contribution in [2.75, 3.05) is 20.1 Å². The number of likely N-dealkylation sites (N-methyl/N-ethyl adjacent to an activating group) is 1. The summed E-state index contributed by atoms with van der Waals surface area (Å²) in [6, 6.07) is 12.5. The van der Waals surface area contributed by atoms with Crippen molar-refractivity contribution in [2.45, 2.75) is 81.4 Å². The number of benzene rings is 2. The number of nitrogens with zero attached hydrogens (tertiary/aromatic N) is 2. The molecule has 2 aromatic rings. The molecule has 5 atom stereocenters. The monoisotopic (exact) mass is 554 g/mol. The maximum absolute atomic E-state index is 14.1. The highest BCUT2D eigenvalue weighted by molar-refractivity contribution is 7.88. The minimum atomic E-state index is -3.72. The highest BCUT2D eigenvalue weighted by atomic mass is 32.2. The molecule has 8 nitrogen and oxygen atoms in total. The van der Waals surface area contributed by atoms with Crippen LogP contribution < -0.4 is 9.47 Å². The van der Waals surface area contributed by atoms with Gasteiger partial charge in [-0.2, -0.15) is 4.31 Å². The van der Waals surface area contributed by atoms with E-state index in [9.17, 15) is 18.3 Å². The van der Waals surface area contributed by atoms with Crippen LogP contribution in [0.15, 0.2) is 42.5 Å². The predicted octanol–water partition coefficient (Wildman–Crippen LogP) is 3.25. The maximum Gasteiger partial charge on any atom is 0.308 e. The van der Waals surface area contributed by atoms with E-state index in [1.54, 1.807) is 10.4 Å². The summed E-state index contributed by atoms with van der Waals surface area (Å²) in [6.07, 6.45) is 1.66. The number of sulfonamides is 1. The van der Waals surface area contributed by atoms with E-state index >= 15 is 0 Å². The number of hydrogen-bond acceptors (Lipinski definition) is 7. The fraction of sp³-hybridized carbons (Fsp3) is 0.567. The fourth-order valence-electron chi connectivity index (χ4n) is 7.93. The second kappa shape index (κ2) is 9.29. The number of likely N-dealkylation sites (tertiary alicyclic amines) is 1. The molecule has 6 rings (SSSR count). The molecule has 9 heteroatoms. The normalized spacial score (nSPS) is 31.2. The van der Waals surface area contributed by atoms with E-state index in [-0.39, 0.29) is 17.7 Å². The van der Waals surface area contributed by atoms with Gasteiger partial charge in [-0.15, -0.1) is 0 Å². The van der Waals surface area contributed by atoms with Crippen LogP contribution in [0.5, 0.6) is 11.5 Å². The summed E-state index contributed by atoms with van der Waals surface area (Å²) in [5.74, 6) is 0.389. The molecule has 1 saturated heterocycles. The Morgan fingerprint density at radius 3 is 2.64 bits per heavy atom. The molecule has 2 aliphatic carbocycles. The lowest BCUT2D eigenvalue weighted by Crippen LogP contribution is -2.78. The van der Waals surface area contributed by atoms with Crippen molar-refractivity contribution in [3.05, 3.63) is 59.2 Å². The Morgan fingerprint density at radius 2 is 1.95 bits per heavy atom. The molecular formula is C30H38N2O6S. The molecular weight excluding hydrogens is 516 g/mol. The Kier molecular flexibility index (Phi) is 6.37. The Labute approximate surface area is 230 Å². The van der Waals surface area contributed by atoms with Crippen LogP contribution in [0.4, 0.5) is 0 Å². The SMILES string of the molecule is CC(=O)Oc1ccc2c3c1O[C@H]1[C@@H](N(CC(C)C)S(=O)(=O)Cc4ccccc4)CC[C@@]4(O)[C@@H](C2)N(C)CC[C@]314. The molecule has 210 valence electrons. The summed E-state index contributed by atoms with van der Waals surface area (Å²) in [5, 5.41) is 12.6. The summed E-state index contributed by atoms with van der Waals surface area (Å²) >= 11 is 0. The zero-order chi connectivity index (χ0) is 27.7. The Morgan fingerprint density at radius 1 is 1.21 bits per heavy atom. The van der Waals surface area contributed by atoms with Crippen molar-refractivity contribution in [2.24, 2.45) is 5.92 Å². The van der Waals surface area contributed by atoms with Gasteiger partial charge >= 0.3 is 5.97 Å². The number of carbonyl (C=O) groups is 1. The first kappa shape index (κ1) is 26.7. The van der Waals surface area contributed by atoms with Crippen molar-refractivity contribution in [1.82, 2.24) is 9.21 Å². The molecule has 4 aliphatic rings.